The summed E-state index contributed by atoms with van der Waals surface area (Å²) in [7, 11) is 0. The second-order valence-corrected chi connectivity index (χ2v) is 6.07. The van der Waals surface area contributed by atoms with Crippen molar-refractivity contribution in [2.75, 3.05) is 6.54 Å². The normalized spacial score (nSPS) is 11.3. The molecule has 0 aliphatic rings. The molecule has 0 saturated carbocycles. The Morgan fingerprint density at radius 2 is 2.04 bits per heavy atom. The summed E-state index contributed by atoms with van der Waals surface area (Å²) < 4.78 is 1.55. The summed E-state index contributed by atoms with van der Waals surface area (Å²) >= 11 is 5.95. The Bertz CT molecular complexity index is 738. The number of carboxylic acids is 1. The van der Waals surface area contributed by atoms with Crippen LogP contribution in [-0.4, -0.2) is 33.3 Å². The molecule has 1 aromatic carbocycles. The van der Waals surface area contributed by atoms with Crippen LogP contribution in [0.15, 0.2) is 36.7 Å². The van der Waals surface area contributed by atoms with Crippen molar-refractivity contribution < 1.29 is 14.7 Å². The van der Waals surface area contributed by atoms with Crippen molar-refractivity contribution in [2.24, 2.45) is 5.41 Å². The molecule has 2 N–H and O–H groups in total. The molecule has 1 amide bonds. The molecule has 0 aliphatic heterocycles. The van der Waals surface area contributed by atoms with E-state index in [-0.39, 0.29) is 12.5 Å². The lowest BCUT2D eigenvalue weighted by atomic mass is 9.82. The Balaban J connectivity index is 2.10. The Labute approximate surface area is 145 Å². The number of carbonyl (C=O) groups excluding carboxylic acids is 1. The van der Waals surface area contributed by atoms with Crippen molar-refractivity contribution in [1.29, 1.82) is 0 Å². The number of nitrogens with one attached hydrogen (secondary N) is 1. The fourth-order valence-electron chi connectivity index (χ4n) is 2.43. The third kappa shape index (κ3) is 3.76. The lowest BCUT2D eigenvalue weighted by Gasteiger charge is -2.26. The van der Waals surface area contributed by atoms with E-state index in [4.69, 9.17) is 11.6 Å². The number of rotatable bonds is 7. The average molecular weight is 350 g/mol. The van der Waals surface area contributed by atoms with Crippen LogP contribution in [0.5, 0.6) is 0 Å². The van der Waals surface area contributed by atoms with Crippen molar-refractivity contribution in [2.45, 2.75) is 26.7 Å². The zero-order valence-electron chi connectivity index (χ0n) is 13.6. The van der Waals surface area contributed by atoms with Crippen molar-refractivity contribution >= 4 is 23.5 Å². The number of aliphatic carboxylic acids is 1. The molecule has 2 rings (SSSR count). The topological polar surface area (TPSA) is 84.2 Å². The van der Waals surface area contributed by atoms with Gasteiger partial charge in [-0.15, -0.1) is 0 Å². The predicted molar refractivity (Wildman–Crippen MR) is 91.6 cm³/mol. The highest BCUT2D eigenvalue weighted by Gasteiger charge is 2.35. The molecular formula is C17H20ClN3O3. The van der Waals surface area contributed by atoms with Crippen LogP contribution in [-0.2, 0) is 4.79 Å². The fourth-order valence-corrected chi connectivity index (χ4v) is 2.61. The largest absolute Gasteiger partial charge is 0.481 e. The van der Waals surface area contributed by atoms with Gasteiger partial charge in [0.1, 0.15) is 0 Å². The second kappa shape index (κ2) is 7.49. The third-order valence-electron chi connectivity index (χ3n) is 4.31. The molecule has 0 radical (unpaired) electrons. The van der Waals surface area contributed by atoms with Gasteiger partial charge in [0.25, 0.3) is 5.91 Å². The van der Waals surface area contributed by atoms with E-state index in [1.165, 1.54) is 6.20 Å². The Morgan fingerprint density at radius 3 is 2.62 bits per heavy atom. The second-order valence-electron chi connectivity index (χ2n) is 5.63. The highest BCUT2D eigenvalue weighted by Crippen LogP contribution is 2.25. The summed E-state index contributed by atoms with van der Waals surface area (Å²) in [6, 6.07) is 7.11. The van der Waals surface area contributed by atoms with Crippen molar-refractivity contribution in [1.82, 2.24) is 15.1 Å². The minimum atomic E-state index is -0.946. The molecule has 0 atom stereocenters. The number of hydrogen-bond donors (Lipinski definition) is 2. The average Bonchev–Trinajstić information content (AvgIpc) is 3.06. The van der Waals surface area contributed by atoms with Crippen LogP contribution in [0.3, 0.4) is 0 Å². The number of nitrogens with zero attached hydrogens (tertiary/aromatic N) is 2. The van der Waals surface area contributed by atoms with Gasteiger partial charge in [-0.2, -0.15) is 5.10 Å². The monoisotopic (exact) mass is 349 g/mol. The van der Waals surface area contributed by atoms with Crippen LogP contribution >= 0.6 is 11.6 Å². The maximum atomic E-state index is 12.3. The molecule has 128 valence electrons. The first-order chi connectivity index (χ1) is 11.4. The van der Waals surface area contributed by atoms with Crippen LogP contribution in [0, 0.1) is 5.41 Å². The zero-order valence-corrected chi connectivity index (χ0v) is 14.4. The third-order valence-corrected chi connectivity index (χ3v) is 4.55. The summed E-state index contributed by atoms with van der Waals surface area (Å²) in [5, 5.41) is 16.8. The first-order valence-corrected chi connectivity index (χ1v) is 8.12. The van der Waals surface area contributed by atoms with E-state index in [0.717, 1.165) is 5.69 Å². The molecule has 0 aliphatic carbocycles. The molecule has 0 bridgehead atoms. The van der Waals surface area contributed by atoms with Gasteiger partial charge in [-0.1, -0.05) is 31.5 Å². The Morgan fingerprint density at radius 1 is 1.33 bits per heavy atom. The zero-order chi connectivity index (χ0) is 17.7. The van der Waals surface area contributed by atoms with E-state index in [0.29, 0.717) is 23.4 Å². The van der Waals surface area contributed by atoms with Gasteiger partial charge in [0.05, 0.1) is 22.9 Å². The first kappa shape index (κ1) is 18.0. The van der Waals surface area contributed by atoms with Crippen molar-refractivity contribution in [3.8, 4) is 5.69 Å². The molecule has 0 fully saturated rings. The van der Waals surface area contributed by atoms with Gasteiger partial charge >= 0.3 is 5.97 Å². The van der Waals surface area contributed by atoms with E-state index in [9.17, 15) is 14.7 Å². The van der Waals surface area contributed by atoms with Gasteiger partial charge in [0.15, 0.2) is 0 Å². The maximum absolute atomic E-state index is 12.3. The molecule has 7 heteroatoms. The van der Waals surface area contributed by atoms with Crippen LogP contribution < -0.4 is 5.32 Å². The highest BCUT2D eigenvalue weighted by atomic mass is 35.5. The van der Waals surface area contributed by atoms with Gasteiger partial charge in [-0.25, -0.2) is 4.68 Å². The molecule has 1 heterocycles. The van der Waals surface area contributed by atoms with Gasteiger partial charge in [0, 0.05) is 17.8 Å². The SMILES string of the molecule is CCC(CC)(CNC(=O)c1cnn(-c2cccc(Cl)c2)c1)C(=O)O. The molecular weight excluding hydrogens is 330 g/mol. The predicted octanol–water partition coefficient (Wildman–Crippen LogP) is 3.15. The number of carboxylic acid groups (broad SMARTS) is 1. The van der Waals surface area contributed by atoms with E-state index < -0.39 is 11.4 Å². The lowest BCUT2D eigenvalue weighted by Crippen LogP contribution is -2.42. The van der Waals surface area contributed by atoms with E-state index in [1.807, 2.05) is 6.07 Å². The highest BCUT2D eigenvalue weighted by molar-refractivity contribution is 6.30. The fraction of sp³-hybridized carbons (Fsp3) is 0.353. The van der Waals surface area contributed by atoms with Crippen molar-refractivity contribution in [3.63, 3.8) is 0 Å². The van der Waals surface area contributed by atoms with Crippen molar-refractivity contribution in [3.05, 3.63) is 47.2 Å². The number of carbonyl (C=O) groups is 2. The summed E-state index contributed by atoms with van der Waals surface area (Å²) in [5.74, 6) is -1.25. The number of amides is 1. The molecule has 2 aromatic rings. The van der Waals surface area contributed by atoms with E-state index in [1.54, 1.807) is 42.9 Å². The number of halogens is 1. The molecule has 0 unspecified atom stereocenters. The summed E-state index contributed by atoms with van der Waals surface area (Å²) in [4.78, 5) is 23.7. The van der Waals surface area contributed by atoms with Crippen LogP contribution in [0.4, 0.5) is 0 Å². The van der Waals surface area contributed by atoms with Gasteiger partial charge in [-0.05, 0) is 31.0 Å². The first-order valence-electron chi connectivity index (χ1n) is 7.74. The van der Waals surface area contributed by atoms with Crippen LogP contribution in [0.25, 0.3) is 5.69 Å². The van der Waals surface area contributed by atoms with Gasteiger partial charge < -0.3 is 10.4 Å². The molecule has 6 nitrogen and oxygen atoms in total. The van der Waals surface area contributed by atoms with E-state index in [2.05, 4.69) is 10.4 Å². The number of aromatic nitrogens is 2. The van der Waals surface area contributed by atoms with E-state index >= 15 is 0 Å². The number of hydrogen-bond acceptors (Lipinski definition) is 3. The summed E-state index contributed by atoms with van der Waals surface area (Å²) in [6.45, 7) is 3.69. The minimum Gasteiger partial charge on any atom is -0.481 e. The molecule has 0 spiro atoms. The molecule has 0 saturated heterocycles. The standard InChI is InChI=1S/C17H20ClN3O3/c1-3-17(4-2,16(23)24)11-19-15(22)12-9-20-21(10-12)14-7-5-6-13(18)8-14/h5-10H,3-4,11H2,1-2H3,(H,19,22)(H,23,24). The maximum Gasteiger partial charge on any atom is 0.311 e. The number of benzene rings is 1. The van der Waals surface area contributed by atoms with Crippen LogP contribution in [0.2, 0.25) is 5.02 Å². The smallest absolute Gasteiger partial charge is 0.311 e. The summed E-state index contributed by atoms with van der Waals surface area (Å²) in [5.41, 5.74) is 0.156. The summed E-state index contributed by atoms with van der Waals surface area (Å²) in [6.07, 6.45) is 3.92. The van der Waals surface area contributed by atoms with Gasteiger partial charge in [-0.3, -0.25) is 9.59 Å². The quantitative estimate of drug-likeness (QED) is 0.804. The lowest BCUT2D eigenvalue weighted by molar-refractivity contribution is -0.149. The molecule has 1 aromatic heterocycles. The molecule has 24 heavy (non-hydrogen) atoms. The Kier molecular flexibility index (Phi) is 5.62. The Hall–Kier alpha value is -2.34. The van der Waals surface area contributed by atoms with Gasteiger partial charge in [0.2, 0.25) is 0 Å². The van der Waals surface area contributed by atoms with Crippen LogP contribution in [0.1, 0.15) is 37.0 Å². The minimum absolute atomic E-state index is 0.0799.